The first-order valence-electron chi connectivity index (χ1n) is 9.81. The Kier molecular flexibility index (Phi) is 6.97. The predicted molar refractivity (Wildman–Crippen MR) is 112 cm³/mol. The van der Waals surface area contributed by atoms with E-state index in [0.717, 1.165) is 0 Å². The molecule has 1 saturated heterocycles. The third-order valence-corrected chi connectivity index (χ3v) is 4.79. The number of hydrogen-bond acceptors (Lipinski definition) is 4. The van der Waals surface area contributed by atoms with Crippen LogP contribution in [-0.2, 0) is 4.79 Å². The van der Waals surface area contributed by atoms with Crippen molar-refractivity contribution in [2.75, 3.05) is 44.6 Å². The second kappa shape index (κ2) is 9.84. The molecule has 0 atom stereocenters. The first-order chi connectivity index (χ1) is 14.1. The molecule has 7 nitrogen and oxygen atoms in total. The molecule has 2 aromatic carbocycles. The third kappa shape index (κ3) is 5.65. The molecule has 0 bridgehead atoms. The van der Waals surface area contributed by atoms with Gasteiger partial charge in [0.05, 0.1) is 6.54 Å². The molecule has 0 radical (unpaired) electrons. The average molecular weight is 394 g/mol. The van der Waals surface area contributed by atoms with Crippen LogP contribution in [-0.4, -0.2) is 66.8 Å². The van der Waals surface area contributed by atoms with Crippen molar-refractivity contribution in [2.45, 2.75) is 6.92 Å². The van der Waals surface area contributed by atoms with Crippen LogP contribution in [0.15, 0.2) is 54.6 Å². The number of hydrogen-bond donors (Lipinski definition) is 2. The Balaban J connectivity index is 1.48. The van der Waals surface area contributed by atoms with Gasteiger partial charge in [0, 0.05) is 49.5 Å². The van der Waals surface area contributed by atoms with E-state index in [1.54, 1.807) is 24.3 Å². The Morgan fingerprint density at radius 3 is 2.28 bits per heavy atom. The summed E-state index contributed by atoms with van der Waals surface area (Å²) in [5, 5.41) is 5.59. The molecular formula is C22H26N4O3. The van der Waals surface area contributed by atoms with Crippen molar-refractivity contribution in [1.29, 1.82) is 0 Å². The van der Waals surface area contributed by atoms with Crippen molar-refractivity contribution >= 4 is 23.4 Å². The van der Waals surface area contributed by atoms with Gasteiger partial charge in [0.1, 0.15) is 0 Å². The van der Waals surface area contributed by atoms with Crippen LogP contribution >= 0.6 is 0 Å². The van der Waals surface area contributed by atoms with Crippen molar-refractivity contribution in [1.82, 2.24) is 15.1 Å². The molecule has 2 N–H and O–H groups in total. The molecule has 1 fully saturated rings. The van der Waals surface area contributed by atoms with Gasteiger partial charge in [0.15, 0.2) is 0 Å². The number of carbonyl (C=O) groups excluding carboxylic acids is 3. The number of carbonyl (C=O) groups is 3. The van der Waals surface area contributed by atoms with Crippen LogP contribution in [0.1, 0.15) is 27.6 Å². The molecule has 1 aliphatic heterocycles. The van der Waals surface area contributed by atoms with Gasteiger partial charge in [-0.2, -0.15) is 0 Å². The van der Waals surface area contributed by atoms with E-state index >= 15 is 0 Å². The minimum absolute atomic E-state index is 0.0249. The fourth-order valence-electron chi connectivity index (χ4n) is 3.28. The molecule has 0 aliphatic carbocycles. The van der Waals surface area contributed by atoms with Gasteiger partial charge >= 0.3 is 0 Å². The van der Waals surface area contributed by atoms with Crippen molar-refractivity contribution in [2.24, 2.45) is 0 Å². The van der Waals surface area contributed by atoms with Crippen molar-refractivity contribution in [3.8, 4) is 0 Å². The van der Waals surface area contributed by atoms with Gasteiger partial charge in [-0.3, -0.25) is 19.3 Å². The molecule has 0 spiro atoms. The molecule has 152 valence electrons. The lowest BCUT2D eigenvalue weighted by Gasteiger charge is -2.34. The number of nitrogens with one attached hydrogen (secondary N) is 2. The molecule has 0 unspecified atom stereocenters. The molecule has 3 amide bonds. The summed E-state index contributed by atoms with van der Waals surface area (Å²) in [6.07, 6.45) is 0. The molecular weight excluding hydrogens is 368 g/mol. The SMILES string of the molecule is CCNC(=O)c1cccc(NC(=O)CN2CCN(C(=O)c3ccccc3)CC2)c1. The zero-order chi connectivity index (χ0) is 20.6. The Morgan fingerprint density at radius 1 is 0.897 bits per heavy atom. The van der Waals surface area contributed by atoms with Gasteiger partial charge in [-0.1, -0.05) is 24.3 Å². The second-order valence-electron chi connectivity index (χ2n) is 6.92. The Hall–Kier alpha value is -3.19. The van der Waals surface area contributed by atoms with Crippen LogP contribution in [0.3, 0.4) is 0 Å². The Morgan fingerprint density at radius 2 is 1.59 bits per heavy atom. The molecule has 1 heterocycles. The van der Waals surface area contributed by atoms with Crippen LogP contribution in [0.25, 0.3) is 0 Å². The average Bonchev–Trinajstić information content (AvgIpc) is 2.75. The fraction of sp³-hybridized carbons (Fsp3) is 0.318. The molecule has 1 aliphatic rings. The lowest BCUT2D eigenvalue weighted by Crippen LogP contribution is -2.50. The number of benzene rings is 2. The van der Waals surface area contributed by atoms with E-state index in [9.17, 15) is 14.4 Å². The lowest BCUT2D eigenvalue weighted by molar-refractivity contribution is -0.117. The summed E-state index contributed by atoms with van der Waals surface area (Å²) in [7, 11) is 0. The monoisotopic (exact) mass is 394 g/mol. The smallest absolute Gasteiger partial charge is 0.253 e. The normalized spacial score (nSPS) is 14.3. The first-order valence-corrected chi connectivity index (χ1v) is 9.81. The summed E-state index contributed by atoms with van der Waals surface area (Å²) in [5.74, 6) is -0.277. The number of piperazine rings is 1. The summed E-state index contributed by atoms with van der Waals surface area (Å²) in [6, 6.07) is 16.1. The van der Waals surface area contributed by atoms with Gasteiger partial charge in [0.2, 0.25) is 5.91 Å². The zero-order valence-electron chi connectivity index (χ0n) is 16.6. The Labute approximate surface area is 170 Å². The standard InChI is InChI=1S/C22H26N4O3/c1-2-23-21(28)18-9-6-10-19(15-18)24-20(27)16-25-11-13-26(14-12-25)22(29)17-7-4-3-5-8-17/h3-10,15H,2,11-14,16H2,1H3,(H,23,28)(H,24,27). The molecule has 3 rings (SSSR count). The van der Waals surface area contributed by atoms with Gasteiger partial charge in [-0.15, -0.1) is 0 Å². The van der Waals surface area contributed by atoms with Crippen LogP contribution in [0.5, 0.6) is 0 Å². The largest absolute Gasteiger partial charge is 0.352 e. The molecule has 0 aromatic heterocycles. The van der Waals surface area contributed by atoms with Gasteiger partial charge < -0.3 is 15.5 Å². The van der Waals surface area contributed by atoms with E-state index in [0.29, 0.717) is 49.5 Å². The molecule has 2 aromatic rings. The van der Waals surface area contributed by atoms with Gasteiger partial charge in [-0.05, 0) is 37.3 Å². The summed E-state index contributed by atoms with van der Waals surface area (Å²) in [4.78, 5) is 40.7. The minimum Gasteiger partial charge on any atom is -0.352 e. The van der Waals surface area contributed by atoms with E-state index < -0.39 is 0 Å². The zero-order valence-corrected chi connectivity index (χ0v) is 16.6. The van der Waals surface area contributed by atoms with Crippen molar-refractivity contribution in [3.63, 3.8) is 0 Å². The van der Waals surface area contributed by atoms with Crippen molar-refractivity contribution in [3.05, 3.63) is 65.7 Å². The van der Waals surface area contributed by atoms with Crippen LogP contribution < -0.4 is 10.6 Å². The molecule has 7 heteroatoms. The van der Waals surface area contributed by atoms with E-state index in [-0.39, 0.29) is 24.3 Å². The maximum absolute atomic E-state index is 12.5. The van der Waals surface area contributed by atoms with E-state index in [1.807, 2.05) is 47.1 Å². The summed E-state index contributed by atoms with van der Waals surface area (Å²) < 4.78 is 0. The minimum atomic E-state index is -0.164. The maximum Gasteiger partial charge on any atom is 0.253 e. The quantitative estimate of drug-likeness (QED) is 0.783. The topological polar surface area (TPSA) is 81.8 Å². The van der Waals surface area contributed by atoms with Crippen molar-refractivity contribution < 1.29 is 14.4 Å². The second-order valence-corrected chi connectivity index (χ2v) is 6.92. The maximum atomic E-state index is 12.5. The number of amides is 3. The number of rotatable bonds is 6. The van der Waals surface area contributed by atoms with E-state index in [2.05, 4.69) is 10.6 Å². The van der Waals surface area contributed by atoms with Gasteiger partial charge in [0.25, 0.3) is 11.8 Å². The van der Waals surface area contributed by atoms with E-state index in [1.165, 1.54) is 0 Å². The van der Waals surface area contributed by atoms with Gasteiger partial charge in [-0.25, -0.2) is 0 Å². The third-order valence-electron chi connectivity index (χ3n) is 4.79. The van der Waals surface area contributed by atoms with Crippen LogP contribution in [0.2, 0.25) is 0 Å². The number of anilines is 1. The lowest BCUT2D eigenvalue weighted by atomic mass is 10.2. The predicted octanol–water partition coefficient (Wildman–Crippen LogP) is 1.83. The summed E-state index contributed by atoms with van der Waals surface area (Å²) >= 11 is 0. The highest BCUT2D eigenvalue weighted by Gasteiger charge is 2.23. The highest BCUT2D eigenvalue weighted by atomic mass is 16.2. The van der Waals surface area contributed by atoms with Crippen LogP contribution in [0, 0.1) is 0 Å². The van der Waals surface area contributed by atoms with E-state index in [4.69, 9.17) is 0 Å². The highest BCUT2D eigenvalue weighted by molar-refractivity contribution is 5.97. The number of nitrogens with zero attached hydrogens (tertiary/aromatic N) is 2. The first kappa shape index (κ1) is 20.5. The summed E-state index contributed by atoms with van der Waals surface area (Å²) in [5.41, 5.74) is 1.79. The van der Waals surface area contributed by atoms with Crippen LogP contribution in [0.4, 0.5) is 5.69 Å². The highest BCUT2D eigenvalue weighted by Crippen LogP contribution is 2.12. The molecule has 0 saturated carbocycles. The fourth-order valence-corrected chi connectivity index (χ4v) is 3.28. The molecule has 29 heavy (non-hydrogen) atoms. The Bertz CT molecular complexity index is 861. The summed E-state index contributed by atoms with van der Waals surface area (Å²) in [6.45, 7) is 5.13.